The fourth-order valence-corrected chi connectivity index (χ4v) is 10.2. The van der Waals surface area contributed by atoms with Crippen molar-refractivity contribution in [2.75, 3.05) is 9.80 Å². The van der Waals surface area contributed by atoms with Crippen LogP contribution in [0.1, 0.15) is 64.3 Å². The minimum Gasteiger partial charge on any atom is -0.495 e. The van der Waals surface area contributed by atoms with Crippen molar-refractivity contribution < 1.29 is 4.74 Å². The van der Waals surface area contributed by atoms with Crippen molar-refractivity contribution >= 4 is 46.1 Å². The molecule has 0 saturated carbocycles. The van der Waals surface area contributed by atoms with Crippen LogP contribution < -0.4 is 25.5 Å². The molecule has 0 saturated heterocycles. The van der Waals surface area contributed by atoms with Crippen LogP contribution in [0.25, 0.3) is 33.4 Å². The molecule has 0 amide bonds. The lowest BCUT2D eigenvalue weighted by Gasteiger charge is -2.48. The summed E-state index contributed by atoms with van der Waals surface area (Å²) in [4.78, 5) is 5.08. The van der Waals surface area contributed by atoms with E-state index in [1.165, 1.54) is 78.1 Å². The Morgan fingerprint density at radius 1 is 0.435 bits per heavy atom. The first-order valence-corrected chi connectivity index (χ1v) is 22.1. The van der Waals surface area contributed by atoms with Gasteiger partial charge in [-0.05, 0) is 121 Å². The lowest BCUT2D eigenvalue weighted by Crippen LogP contribution is -2.65. The Bertz CT molecular complexity index is 2960. The van der Waals surface area contributed by atoms with Gasteiger partial charge < -0.3 is 14.5 Å². The number of anilines is 5. The van der Waals surface area contributed by atoms with E-state index in [1.54, 1.807) is 0 Å². The van der Waals surface area contributed by atoms with Crippen LogP contribution in [0.2, 0.25) is 0 Å². The van der Waals surface area contributed by atoms with E-state index in [0.717, 1.165) is 17.1 Å². The van der Waals surface area contributed by atoms with E-state index >= 15 is 0 Å². The van der Waals surface area contributed by atoms with Gasteiger partial charge in [-0.15, -0.1) is 0 Å². The van der Waals surface area contributed by atoms with Gasteiger partial charge in [0.25, 0.3) is 6.71 Å². The second-order valence-corrected chi connectivity index (χ2v) is 19.4. The van der Waals surface area contributed by atoms with Crippen LogP contribution in [0.4, 0.5) is 28.4 Å². The summed E-state index contributed by atoms with van der Waals surface area (Å²) in [7, 11) is 0. The molecule has 2 atom stereocenters. The Balaban J connectivity index is 1.12. The molecule has 3 aliphatic rings. The van der Waals surface area contributed by atoms with E-state index in [1.807, 2.05) is 0 Å². The minimum absolute atomic E-state index is 0.0181. The predicted octanol–water partition coefficient (Wildman–Crippen LogP) is 13.9. The molecule has 3 nitrogen and oxygen atoms in total. The van der Waals surface area contributed by atoms with Crippen molar-refractivity contribution in [3.05, 3.63) is 205 Å². The number of nitrogens with zero attached hydrogens (tertiary/aromatic N) is 2. The van der Waals surface area contributed by atoms with Crippen molar-refractivity contribution in [2.24, 2.45) is 0 Å². The van der Waals surface area contributed by atoms with E-state index in [0.29, 0.717) is 0 Å². The van der Waals surface area contributed by atoms with Gasteiger partial charge in [0.05, 0.1) is 6.04 Å². The summed E-state index contributed by atoms with van der Waals surface area (Å²) in [6.45, 7) is 13.6. The summed E-state index contributed by atoms with van der Waals surface area (Å²) in [6, 6.07) is 69.6. The first-order valence-electron chi connectivity index (χ1n) is 22.1. The Morgan fingerprint density at radius 3 is 1.61 bits per heavy atom. The highest BCUT2D eigenvalue weighted by molar-refractivity contribution is 6.91. The molecule has 3 aliphatic heterocycles. The number of hydrogen-bond acceptors (Lipinski definition) is 3. The Hall–Kier alpha value is -6.78. The molecule has 62 heavy (non-hydrogen) atoms. The maximum Gasteiger partial charge on any atom is 0.267 e. The zero-order valence-corrected chi connectivity index (χ0v) is 36.4. The summed E-state index contributed by atoms with van der Waals surface area (Å²) in [6.07, 6.45) is 0. The number of rotatable bonds is 5. The van der Waals surface area contributed by atoms with Crippen molar-refractivity contribution in [1.29, 1.82) is 0 Å². The van der Waals surface area contributed by atoms with Crippen LogP contribution in [0, 0.1) is 0 Å². The van der Waals surface area contributed by atoms with Crippen LogP contribution >= 0.6 is 0 Å². The Labute approximate surface area is 367 Å². The molecule has 0 aliphatic carbocycles. The van der Waals surface area contributed by atoms with E-state index < -0.39 is 0 Å². The van der Waals surface area contributed by atoms with Crippen LogP contribution in [-0.4, -0.2) is 12.7 Å². The number of para-hydroxylation sites is 1. The fourth-order valence-electron chi connectivity index (χ4n) is 10.2. The first kappa shape index (κ1) is 38.2. The Morgan fingerprint density at radius 2 is 0.952 bits per heavy atom. The van der Waals surface area contributed by atoms with Crippen molar-refractivity contribution in [3.63, 3.8) is 0 Å². The lowest BCUT2D eigenvalue weighted by atomic mass is 9.32. The highest BCUT2D eigenvalue weighted by atomic mass is 16.5. The van der Waals surface area contributed by atoms with Gasteiger partial charge >= 0.3 is 0 Å². The summed E-state index contributed by atoms with van der Waals surface area (Å²) < 4.78 is 7.36. The van der Waals surface area contributed by atoms with E-state index in [-0.39, 0.29) is 29.6 Å². The van der Waals surface area contributed by atoms with Gasteiger partial charge in [-0.25, -0.2) is 0 Å². The van der Waals surface area contributed by atoms with Gasteiger partial charge in [0.15, 0.2) is 0 Å². The highest BCUT2D eigenvalue weighted by Gasteiger charge is 2.55. The molecular weight excluding hydrogens is 751 g/mol. The molecule has 8 aromatic carbocycles. The molecular formula is C58H51BN2O. The molecule has 3 heterocycles. The van der Waals surface area contributed by atoms with Crippen molar-refractivity contribution in [2.45, 2.75) is 64.4 Å². The predicted molar refractivity (Wildman–Crippen MR) is 262 cm³/mol. The zero-order chi connectivity index (χ0) is 42.3. The maximum atomic E-state index is 7.36. The molecule has 302 valence electrons. The first-order chi connectivity index (χ1) is 30.0. The van der Waals surface area contributed by atoms with Gasteiger partial charge in [-0.1, -0.05) is 175 Å². The molecule has 2 unspecified atom stereocenters. The second-order valence-electron chi connectivity index (χ2n) is 19.4. The number of ether oxygens (including phenoxy) is 1. The van der Waals surface area contributed by atoms with Crippen LogP contribution in [0.5, 0.6) is 5.75 Å². The topological polar surface area (TPSA) is 15.7 Å². The number of fused-ring (bicyclic) bond motifs is 6. The van der Waals surface area contributed by atoms with Gasteiger partial charge in [-0.2, -0.15) is 0 Å². The molecule has 8 aromatic rings. The zero-order valence-electron chi connectivity index (χ0n) is 36.4. The smallest absolute Gasteiger partial charge is 0.267 e. The third-order valence-electron chi connectivity index (χ3n) is 13.4. The van der Waals surface area contributed by atoms with Gasteiger partial charge in [0.1, 0.15) is 11.8 Å². The van der Waals surface area contributed by atoms with Crippen LogP contribution in [0.15, 0.2) is 188 Å². The molecule has 4 heteroatoms. The largest absolute Gasteiger partial charge is 0.495 e. The van der Waals surface area contributed by atoms with Crippen molar-refractivity contribution in [1.82, 2.24) is 0 Å². The quantitative estimate of drug-likeness (QED) is 0.161. The van der Waals surface area contributed by atoms with Crippen molar-refractivity contribution in [3.8, 4) is 39.1 Å². The van der Waals surface area contributed by atoms with E-state index in [2.05, 4.69) is 239 Å². The van der Waals surface area contributed by atoms with Gasteiger partial charge in [-0.3, -0.25) is 0 Å². The number of hydrogen-bond donors (Lipinski definition) is 0. The third-order valence-corrected chi connectivity index (χ3v) is 13.4. The summed E-state index contributed by atoms with van der Waals surface area (Å²) in [5.41, 5.74) is 19.7. The normalized spacial score (nSPS) is 16.3. The lowest BCUT2D eigenvalue weighted by molar-refractivity contribution is 0.282. The summed E-state index contributed by atoms with van der Waals surface area (Å²) >= 11 is 0. The third kappa shape index (κ3) is 6.35. The fraction of sp³-hybridized carbons (Fsp3) is 0.172. The minimum atomic E-state index is -0.187. The van der Waals surface area contributed by atoms with Gasteiger partial charge in [0, 0.05) is 34.0 Å². The SMILES string of the molecule is CC(C)(C)c1ccc(-c2cccc(N3c4cccc5c4B(c4ccc(-c6ccc(C(C)(C)C)cc6)cc4N5c4ccccc4)C4Oc5ccc(-c6ccccc6)cc5C43)c2)cc1. The highest BCUT2D eigenvalue weighted by Crippen LogP contribution is 2.53. The van der Waals surface area contributed by atoms with Gasteiger partial charge in [0.2, 0.25) is 0 Å². The standard InChI is InChI=1S/C58H51BN2O/c1-57(2,3)44-29-23-39(24-30-44)41-17-13-20-47(35-41)61-51-22-14-21-50-54(51)59(56-55(61)48-36-42(28-34-53(48)62-56)38-15-9-7-10-16-38)49-33-27-43(40-25-31-45(32-26-40)58(4,5)6)37-52(49)60(50)46-18-11-8-12-19-46/h7-37,55-56H,1-6H3. The molecule has 0 spiro atoms. The van der Waals surface area contributed by atoms with E-state index in [9.17, 15) is 0 Å². The van der Waals surface area contributed by atoms with E-state index in [4.69, 9.17) is 4.74 Å². The monoisotopic (exact) mass is 802 g/mol. The molecule has 0 N–H and O–H groups in total. The average molecular weight is 803 g/mol. The average Bonchev–Trinajstić information content (AvgIpc) is 3.67. The number of benzene rings is 8. The molecule has 0 radical (unpaired) electrons. The van der Waals surface area contributed by atoms with Crippen LogP contribution in [-0.2, 0) is 10.8 Å². The molecule has 0 bridgehead atoms. The molecule has 0 aromatic heterocycles. The van der Waals surface area contributed by atoms with Crippen LogP contribution in [0.3, 0.4) is 0 Å². The molecule has 0 fully saturated rings. The second kappa shape index (κ2) is 14.4. The summed E-state index contributed by atoms with van der Waals surface area (Å²) in [5.74, 6) is 0.954. The Kier molecular flexibility index (Phi) is 8.88. The summed E-state index contributed by atoms with van der Waals surface area (Å²) in [5, 5.41) is 0. The molecule has 11 rings (SSSR count). The maximum absolute atomic E-state index is 7.36.